The molecule has 0 heterocycles. The van der Waals surface area contributed by atoms with Crippen LogP contribution in [0.15, 0.2) is 12.1 Å². The number of hydrogen-bond acceptors (Lipinski definition) is 8. The Bertz CT molecular complexity index is 1480. The number of ketones is 6. The number of aliphatic hydroxyl groups is 1. The number of carbonyl (C=O) groups is 6. The van der Waals surface area contributed by atoms with Gasteiger partial charge in [-0.1, -0.05) is 73.3 Å². The highest BCUT2D eigenvalue weighted by molar-refractivity contribution is 6.32. The Balaban J connectivity index is 1.80. The van der Waals surface area contributed by atoms with Gasteiger partial charge in [0, 0.05) is 24.2 Å². The molecule has 8 nitrogen and oxygen atoms in total. The van der Waals surface area contributed by atoms with Crippen LogP contribution < -0.4 is 0 Å². The summed E-state index contributed by atoms with van der Waals surface area (Å²) in [7, 11) is 0. The van der Waals surface area contributed by atoms with Crippen LogP contribution in [0.2, 0.25) is 0 Å². The standard InChI is InChI=1S/C37H48O8/c1-8-23(39)17-25-35(6)19(4)26-22(14-13-21-11-9-10-12-21)15-16-24(40)28(26)32(42)30(35)34(44)37(45)33(43)27(20(5)38)31(41)29(18(2)3)36(25,37)7/h15-16,18-19,21,25,27,29-30,40,45H,8-14,17H2,1-7H3/t19-,25-,27?,29?,30?,35-,36-,37+/m1/s1. The fraction of sp³-hybridized carbons (Fsp3) is 0.676. The predicted molar refractivity (Wildman–Crippen MR) is 167 cm³/mol. The van der Waals surface area contributed by atoms with Gasteiger partial charge in [0.05, 0.1) is 11.5 Å². The fourth-order valence-electron chi connectivity index (χ4n) is 10.4. The van der Waals surface area contributed by atoms with Crippen molar-refractivity contribution in [2.75, 3.05) is 0 Å². The Morgan fingerprint density at radius 2 is 1.64 bits per heavy atom. The number of phenols is 1. The van der Waals surface area contributed by atoms with Gasteiger partial charge in [0.1, 0.15) is 23.2 Å². The predicted octanol–water partition coefficient (Wildman–Crippen LogP) is 5.37. The molecular weight excluding hydrogens is 572 g/mol. The van der Waals surface area contributed by atoms with E-state index in [0.717, 1.165) is 31.7 Å². The highest BCUT2D eigenvalue weighted by atomic mass is 16.3. The van der Waals surface area contributed by atoms with E-state index in [1.807, 2.05) is 13.0 Å². The van der Waals surface area contributed by atoms with Crippen molar-refractivity contribution in [3.63, 3.8) is 0 Å². The van der Waals surface area contributed by atoms with Crippen molar-refractivity contribution in [1.29, 1.82) is 0 Å². The summed E-state index contributed by atoms with van der Waals surface area (Å²) >= 11 is 0. The molecule has 4 aliphatic rings. The van der Waals surface area contributed by atoms with Gasteiger partial charge in [0.15, 0.2) is 28.7 Å². The molecule has 3 fully saturated rings. The van der Waals surface area contributed by atoms with Crippen LogP contribution in [0.4, 0.5) is 0 Å². The first-order chi connectivity index (χ1) is 21.0. The summed E-state index contributed by atoms with van der Waals surface area (Å²) in [6.45, 7) is 11.5. The van der Waals surface area contributed by atoms with Gasteiger partial charge in [-0.15, -0.1) is 0 Å². The van der Waals surface area contributed by atoms with E-state index >= 15 is 0 Å². The number of aromatic hydroxyl groups is 1. The van der Waals surface area contributed by atoms with Crippen LogP contribution in [0.25, 0.3) is 0 Å². The van der Waals surface area contributed by atoms with Crippen molar-refractivity contribution >= 4 is 34.7 Å². The van der Waals surface area contributed by atoms with Gasteiger partial charge in [0.2, 0.25) is 0 Å². The second kappa shape index (κ2) is 11.4. The number of fused-ring (bicyclic) bond motifs is 3. The van der Waals surface area contributed by atoms with E-state index in [4.69, 9.17) is 0 Å². The minimum atomic E-state index is -2.86. The molecule has 0 radical (unpaired) electrons. The zero-order valence-corrected chi connectivity index (χ0v) is 27.7. The molecule has 5 rings (SSSR count). The summed E-state index contributed by atoms with van der Waals surface area (Å²) in [5, 5.41) is 23.7. The van der Waals surface area contributed by atoms with E-state index in [1.54, 1.807) is 34.6 Å². The monoisotopic (exact) mass is 620 g/mol. The molecule has 4 aliphatic carbocycles. The fourth-order valence-corrected chi connectivity index (χ4v) is 10.4. The van der Waals surface area contributed by atoms with Crippen molar-refractivity contribution < 1.29 is 39.0 Å². The Morgan fingerprint density at radius 3 is 2.20 bits per heavy atom. The van der Waals surface area contributed by atoms with E-state index in [1.165, 1.54) is 18.9 Å². The molecule has 8 atom stereocenters. The van der Waals surface area contributed by atoms with Gasteiger partial charge >= 0.3 is 0 Å². The first-order valence-corrected chi connectivity index (χ1v) is 16.8. The van der Waals surface area contributed by atoms with Gasteiger partial charge in [-0.25, -0.2) is 0 Å². The van der Waals surface area contributed by atoms with Crippen LogP contribution in [-0.2, 0) is 30.4 Å². The first kappa shape index (κ1) is 33.4. The van der Waals surface area contributed by atoms with E-state index < -0.39 is 80.9 Å². The lowest BCUT2D eigenvalue weighted by Crippen LogP contribution is -2.80. The van der Waals surface area contributed by atoms with Crippen LogP contribution in [0, 0.1) is 46.3 Å². The van der Waals surface area contributed by atoms with Crippen molar-refractivity contribution in [2.45, 2.75) is 111 Å². The van der Waals surface area contributed by atoms with Crippen LogP contribution in [0.1, 0.15) is 121 Å². The second-order valence-corrected chi connectivity index (χ2v) is 15.1. The molecule has 3 saturated carbocycles. The summed E-state index contributed by atoms with van der Waals surface area (Å²) < 4.78 is 0. The molecule has 1 aromatic carbocycles. The third-order valence-corrected chi connectivity index (χ3v) is 12.7. The number of phenolic OH excluding ortho intramolecular Hbond substituents is 1. The molecule has 0 bridgehead atoms. The molecule has 0 spiro atoms. The summed E-state index contributed by atoms with van der Waals surface area (Å²) in [5.41, 5.74) is -4.36. The molecule has 244 valence electrons. The number of hydrogen-bond donors (Lipinski definition) is 2. The Morgan fingerprint density at radius 1 is 1.02 bits per heavy atom. The normalized spacial score (nSPS) is 36.6. The van der Waals surface area contributed by atoms with Crippen molar-refractivity contribution in [3.05, 3.63) is 28.8 Å². The zero-order chi connectivity index (χ0) is 33.4. The summed E-state index contributed by atoms with van der Waals surface area (Å²) in [5.74, 6) is -10.8. The lowest BCUT2D eigenvalue weighted by Gasteiger charge is -2.67. The van der Waals surface area contributed by atoms with E-state index in [-0.39, 0.29) is 29.9 Å². The SMILES string of the molecule is CCC(=O)C[C@@H]1[C@]2(C)C(C(=O)c3c(O)ccc(CCC4CCCC4)c3[C@H]2C)C(=O)[C@@]2(O)C(=O)C(C(C)=O)C(=O)C(C(C)C)[C@@]12C. The van der Waals surface area contributed by atoms with Crippen LogP contribution in [0.3, 0.4) is 0 Å². The van der Waals surface area contributed by atoms with Gasteiger partial charge in [-0.05, 0) is 66.0 Å². The van der Waals surface area contributed by atoms with E-state index in [2.05, 4.69) is 0 Å². The largest absolute Gasteiger partial charge is 0.507 e. The first-order valence-electron chi connectivity index (χ1n) is 16.8. The molecule has 0 aromatic heterocycles. The maximum absolute atomic E-state index is 14.9. The third kappa shape index (κ3) is 4.40. The summed E-state index contributed by atoms with van der Waals surface area (Å²) in [6.07, 6.45) is 6.31. The average Bonchev–Trinajstić information content (AvgIpc) is 3.49. The molecule has 0 saturated heterocycles. The van der Waals surface area contributed by atoms with Gasteiger partial charge in [-0.2, -0.15) is 0 Å². The van der Waals surface area contributed by atoms with Crippen LogP contribution in [0.5, 0.6) is 5.75 Å². The molecule has 1 aromatic rings. The molecule has 2 N–H and O–H groups in total. The summed E-state index contributed by atoms with van der Waals surface area (Å²) in [4.78, 5) is 84.0. The number of Topliss-reactive ketones (excluding diaryl/α,β-unsaturated/α-hetero) is 6. The molecule has 8 heteroatoms. The highest BCUT2D eigenvalue weighted by Gasteiger charge is 2.80. The van der Waals surface area contributed by atoms with Crippen LogP contribution in [-0.4, -0.2) is 50.5 Å². The van der Waals surface area contributed by atoms with Crippen molar-refractivity contribution in [2.24, 2.45) is 46.3 Å². The molecule has 0 aliphatic heterocycles. The maximum atomic E-state index is 14.9. The maximum Gasteiger partial charge on any atom is 0.190 e. The Labute approximate surface area is 265 Å². The Hall–Kier alpha value is -3.00. The minimum Gasteiger partial charge on any atom is -0.507 e. The topological polar surface area (TPSA) is 143 Å². The van der Waals surface area contributed by atoms with Gasteiger partial charge < -0.3 is 10.2 Å². The van der Waals surface area contributed by atoms with Gasteiger partial charge in [-0.3, -0.25) is 28.8 Å². The number of carbonyl (C=O) groups excluding carboxylic acids is 6. The lowest BCUT2D eigenvalue weighted by molar-refractivity contribution is -0.225. The quantitative estimate of drug-likeness (QED) is 0.369. The zero-order valence-electron chi connectivity index (χ0n) is 27.7. The van der Waals surface area contributed by atoms with E-state index in [0.29, 0.717) is 17.9 Å². The second-order valence-electron chi connectivity index (χ2n) is 15.1. The average molecular weight is 621 g/mol. The van der Waals surface area contributed by atoms with E-state index in [9.17, 15) is 39.0 Å². The number of rotatable bonds is 8. The molecular formula is C37H48O8. The third-order valence-electron chi connectivity index (χ3n) is 12.7. The van der Waals surface area contributed by atoms with Crippen molar-refractivity contribution in [3.8, 4) is 5.75 Å². The summed E-state index contributed by atoms with van der Waals surface area (Å²) in [6, 6.07) is 3.32. The van der Waals surface area contributed by atoms with Gasteiger partial charge in [0.25, 0.3) is 0 Å². The highest BCUT2D eigenvalue weighted by Crippen LogP contribution is 2.70. The minimum absolute atomic E-state index is 0.0258. The lowest BCUT2D eigenvalue weighted by atomic mass is 9.34. The smallest absolute Gasteiger partial charge is 0.190 e. The molecule has 3 unspecified atom stereocenters. The van der Waals surface area contributed by atoms with Crippen LogP contribution >= 0.6 is 0 Å². The number of benzene rings is 1. The molecule has 45 heavy (non-hydrogen) atoms. The van der Waals surface area contributed by atoms with Crippen molar-refractivity contribution in [1.82, 2.24) is 0 Å². The number of aryl methyl sites for hydroxylation is 1. The Kier molecular flexibility index (Phi) is 8.42. The molecule has 0 amide bonds.